The number of rotatable bonds is 2. The number of anilines is 1. The van der Waals surface area contributed by atoms with E-state index >= 15 is 0 Å². The van der Waals surface area contributed by atoms with Gasteiger partial charge in [-0.1, -0.05) is 30.7 Å². The highest BCUT2D eigenvalue weighted by Gasteiger charge is 2.24. The zero-order valence-corrected chi connectivity index (χ0v) is 13.9. The predicted molar refractivity (Wildman–Crippen MR) is 92.9 cm³/mol. The summed E-state index contributed by atoms with van der Waals surface area (Å²) in [6, 6.07) is 7.49. The minimum Gasteiger partial charge on any atom is -0.324 e. The Labute approximate surface area is 145 Å². The first kappa shape index (κ1) is 17.1. The van der Waals surface area contributed by atoms with Crippen molar-refractivity contribution in [1.82, 2.24) is 9.88 Å². The van der Waals surface area contributed by atoms with Crippen LogP contribution in [0.25, 0.3) is 6.08 Å². The van der Waals surface area contributed by atoms with Crippen LogP contribution in [0.2, 0.25) is 0 Å². The fraction of sp³-hybridized carbons (Fsp3) is 0.263. The molecule has 130 valence electrons. The number of pyridine rings is 1. The number of amides is 2. The molecular weight excluding hydrogens is 324 g/mol. The first-order valence-corrected chi connectivity index (χ1v) is 8.15. The topological polar surface area (TPSA) is 45.2 Å². The molecule has 1 aliphatic rings. The van der Waals surface area contributed by atoms with Crippen LogP contribution in [0.4, 0.5) is 19.3 Å². The number of aromatic nitrogens is 1. The van der Waals surface area contributed by atoms with E-state index in [0.717, 1.165) is 11.6 Å². The van der Waals surface area contributed by atoms with E-state index in [1.807, 2.05) is 6.92 Å². The first-order valence-electron chi connectivity index (χ1n) is 8.15. The molecule has 1 aliphatic heterocycles. The first-order chi connectivity index (χ1) is 12.0. The van der Waals surface area contributed by atoms with Crippen molar-refractivity contribution < 1.29 is 13.6 Å². The number of benzene rings is 1. The maximum atomic E-state index is 13.8. The van der Waals surface area contributed by atoms with Crippen LogP contribution >= 0.6 is 0 Å². The van der Waals surface area contributed by atoms with Crippen LogP contribution in [0.15, 0.2) is 48.3 Å². The Morgan fingerprint density at radius 2 is 2.16 bits per heavy atom. The fourth-order valence-corrected chi connectivity index (χ4v) is 2.92. The number of halogens is 2. The summed E-state index contributed by atoms with van der Waals surface area (Å²) in [6.45, 7) is 3.03. The van der Waals surface area contributed by atoms with Crippen LogP contribution in [0.5, 0.6) is 0 Å². The molecule has 3 rings (SSSR count). The number of nitrogens with one attached hydrogen (secondary N) is 1. The number of hydrogen-bond donors (Lipinski definition) is 1. The van der Waals surface area contributed by atoms with Gasteiger partial charge in [-0.2, -0.15) is 0 Å². The van der Waals surface area contributed by atoms with Gasteiger partial charge in [0.2, 0.25) is 0 Å². The quantitative estimate of drug-likeness (QED) is 0.883. The van der Waals surface area contributed by atoms with Crippen molar-refractivity contribution in [2.45, 2.75) is 13.3 Å². The Morgan fingerprint density at radius 3 is 2.88 bits per heavy atom. The van der Waals surface area contributed by atoms with E-state index in [2.05, 4.69) is 10.3 Å². The molecule has 1 fully saturated rings. The molecule has 25 heavy (non-hydrogen) atoms. The summed E-state index contributed by atoms with van der Waals surface area (Å²) < 4.78 is 27.2. The number of carbonyl (C=O) groups excluding carboxylic acids is 1. The largest absolute Gasteiger partial charge is 0.324 e. The maximum absolute atomic E-state index is 13.8. The molecule has 0 saturated carbocycles. The van der Waals surface area contributed by atoms with Gasteiger partial charge in [0.25, 0.3) is 0 Å². The Kier molecular flexibility index (Phi) is 5.07. The van der Waals surface area contributed by atoms with Crippen molar-refractivity contribution in [1.29, 1.82) is 0 Å². The van der Waals surface area contributed by atoms with Crippen molar-refractivity contribution in [3.63, 3.8) is 0 Å². The highest BCUT2D eigenvalue weighted by Crippen LogP contribution is 2.26. The van der Waals surface area contributed by atoms with E-state index in [-0.39, 0.29) is 17.5 Å². The SMILES string of the molecule is CC1CN(C(=O)Nc2cccnc2)CCC1=Cc1cccc(F)c1F. The molecule has 0 spiro atoms. The second kappa shape index (κ2) is 7.42. The molecule has 1 saturated heterocycles. The average Bonchev–Trinajstić information content (AvgIpc) is 2.61. The van der Waals surface area contributed by atoms with Crippen LogP contribution in [0, 0.1) is 17.6 Å². The van der Waals surface area contributed by atoms with Gasteiger partial charge in [0.15, 0.2) is 11.6 Å². The summed E-state index contributed by atoms with van der Waals surface area (Å²) in [6.07, 6.45) is 5.54. The minimum absolute atomic E-state index is 0.0658. The van der Waals surface area contributed by atoms with Gasteiger partial charge in [-0.05, 0) is 30.5 Å². The smallest absolute Gasteiger partial charge is 0.321 e. The molecule has 0 bridgehead atoms. The van der Waals surface area contributed by atoms with Crippen LogP contribution in [-0.2, 0) is 0 Å². The summed E-state index contributed by atoms with van der Waals surface area (Å²) in [4.78, 5) is 18.0. The van der Waals surface area contributed by atoms with Crippen LogP contribution < -0.4 is 5.32 Å². The van der Waals surface area contributed by atoms with Gasteiger partial charge in [-0.15, -0.1) is 0 Å². The molecule has 2 amide bonds. The summed E-state index contributed by atoms with van der Waals surface area (Å²) in [5.74, 6) is -1.62. The van der Waals surface area contributed by atoms with Crippen molar-refractivity contribution in [2.75, 3.05) is 18.4 Å². The zero-order chi connectivity index (χ0) is 17.8. The summed E-state index contributed by atoms with van der Waals surface area (Å²) in [5.41, 5.74) is 1.90. The Bertz CT molecular complexity index is 793. The van der Waals surface area contributed by atoms with Gasteiger partial charge in [0.1, 0.15) is 0 Å². The molecule has 6 heteroatoms. The van der Waals surface area contributed by atoms with E-state index in [1.165, 1.54) is 6.07 Å². The second-order valence-electron chi connectivity index (χ2n) is 6.13. The molecule has 4 nitrogen and oxygen atoms in total. The lowest BCUT2D eigenvalue weighted by atomic mass is 9.91. The van der Waals surface area contributed by atoms with Gasteiger partial charge in [-0.3, -0.25) is 4.98 Å². The third kappa shape index (κ3) is 4.02. The molecule has 2 aromatic rings. The van der Waals surface area contributed by atoms with Crippen LogP contribution in [-0.4, -0.2) is 29.0 Å². The number of likely N-dealkylation sites (tertiary alicyclic amines) is 1. The third-order valence-electron chi connectivity index (χ3n) is 4.32. The van der Waals surface area contributed by atoms with E-state index in [4.69, 9.17) is 0 Å². The van der Waals surface area contributed by atoms with Crippen molar-refractivity contribution in [3.05, 3.63) is 65.5 Å². The number of piperidine rings is 1. The number of hydrogen-bond acceptors (Lipinski definition) is 2. The van der Waals surface area contributed by atoms with Gasteiger partial charge >= 0.3 is 6.03 Å². The third-order valence-corrected chi connectivity index (χ3v) is 4.32. The lowest BCUT2D eigenvalue weighted by molar-refractivity contribution is 0.198. The van der Waals surface area contributed by atoms with Crippen molar-refractivity contribution in [3.8, 4) is 0 Å². The Balaban J connectivity index is 1.67. The molecule has 1 unspecified atom stereocenters. The van der Waals surface area contributed by atoms with E-state index < -0.39 is 11.6 Å². The number of nitrogens with zero attached hydrogens (tertiary/aromatic N) is 2. The normalized spacial score (nSPS) is 19.1. The molecular formula is C19H19F2N3O. The van der Waals surface area contributed by atoms with E-state index in [9.17, 15) is 13.6 Å². The van der Waals surface area contributed by atoms with Gasteiger partial charge in [0, 0.05) is 24.8 Å². The predicted octanol–water partition coefficient (Wildman–Crippen LogP) is 4.32. The molecule has 1 aromatic carbocycles. The van der Waals surface area contributed by atoms with Crippen molar-refractivity contribution >= 4 is 17.8 Å². The molecule has 2 heterocycles. The second-order valence-corrected chi connectivity index (χ2v) is 6.13. The van der Waals surface area contributed by atoms with Gasteiger partial charge in [0.05, 0.1) is 11.9 Å². The molecule has 1 atom stereocenters. The average molecular weight is 343 g/mol. The highest BCUT2D eigenvalue weighted by atomic mass is 19.2. The lowest BCUT2D eigenvalue weighted by Gasteiger charge is -2.33. The summed E-state index contributed by atoms with van der Waals surface area (Å²) in [5, 5.41) is 2.81. The molecule has 0 radical (unpaired) electrons. The van der Waals surface area contributed by atoms with Crippen LogP contribution in [0.1, 0.15) is 18.9 Å². The standard InChI is InChI=1S/C19H19F2N3O/c1-13-12-24(19(25)23-16-5-3-8-22-11-16)9-7-14(13)10-15-4-2-6-17(20)18(15)21/h2-6,8,10-11,13H,7,9,12H2,1H3,(H,23,25). The Hall–Kier alpha value is -2.76. The van der Waals surface area contributed by atoms with Gasteiger partial charge < -0.3 is 10.2 Å². The summed E-state index contributed by atoms with van der Waals surface area (Å²) in [7, 11) is 0. The monoisotopic (exact) mass is 343 g/mol. The maximum Gasteiger partial charge on any atom is 0.321 e. The highest BCUT2D eigenvalue weighted by molar-refractivity contribution is 5.89. The number of carbonyl (C=O) groups is 1. The minimum atomic E-state index is -0.852. The molecule has 1 aromatic heterocycles. The Morgan fingerprint density at radius 1 is 1.32 bits per heavy atom. The number of urea groups is 1. The fourth-order valence-electron chi connectivity index (χ4n) is 2.92. The van der Waals surface area contributed by atoms with E-state index in [1.54, 1.807) is 41.6 Å². The van der Waals surface area contributed by atoms with Crippen LogP contribution in [0.3, 0.4) is 0 Å². The van der Waals surface area contributed by atoms with Gasteiger partial charge in [-0.25, -0.2) is 13.6 Å². The zero-order valence-electron chi connectivity index (χ0n) is 13.9. The molecule has 0 aliphatic carbocycles. The lowest BCUT2D eigenvalue weighted by Crippen LogP contribution is -2.42. The summed E-state index contributed by atoms with van der Waals surface area (Å²) >= 11 is 0. The molecule has 1 N–H and O–H groups in total. The van der Waals surface area contributed by atoms with Crippen molar-refractivity contribution in [2.24, 2.45) is 5.92 Å². The van der Waals surface area contributed by atoms with E-state index in [0.29, 0.717) is 25.2 Å².